The van der Waals surface area contributed by atoms with Crippen molar-refractivity contribution < 1.29 is 13.5 Å². The highest BCUT2D eigenvalue weighted by Gasteiger charge is 2.07. The van der Waals surface area contributed by atoms with E-state index in [-0.39, 0.29) is 5.75 Å². The number of nitrogens with one attached hydrogen (secondary N) is 1. The third kappa shape index (κ3) is 2.68. The van der Waals surface area contributed by atoms with Gasteiger partial charge in [0.2, 0.25) is 0 Å². The second-order valence-electron chi connectivity index (χ2n) is 3.43. The number of amidine groups is 1. The Bertz CT molecular complexity index is 407. The molecule has 1 aliphatic rings. The Morgan fingerprint density at radius 1 is 1.38 bits per heavy atom. The first-order chi connectivity index (χ1) is 7.75. The first-order valence-corrected chi connectivity index (χ1v) is 5.11. The van der Waals surface area contributed by atoms with Gasteiger partial charge in [-0.1, -0.05) is 0 Å². The topological polar surface area (TPSA) is 33.6 Å². The summed E-state index contributed by atoms with van der Waals surface area (Å²) < 4.78 is 30.9. The van der Waals surface area contributed by atoms with Crippen LogP contribution in [0.1, 0.15) is 6.42 Å². The van der Waals surface area contributed by atoms with Crippen LogP contribution in [0, 0.1) is 11.6 Å². The molecule has 0 radical (unpaired) electrons. The minimum atomic E-state index is -0.679. The number of aliphatic imine (C=N–C) groups is 1. The maximum absolute atomic E-state index is 13.1. The van der Waals surface area contributed by atoms with Gasteiger partial charge < -0.3 is 10.1 Å². The van der Waals surface area contributed by atoms with E-state index in [1.807, 2.05) is 0 Å². The van der Waals surface area contributed by atoms with E-state index in [1.54, 1.807) is 0 Å². The van der Waals surface area contributed by atoms with E-state index in [0.717, 1.165) is 25.0 Å². The van der Waals surface area contributed by atoms with Gasteiger partial charge in [-0.3, -0.25) is 4.99 Å². The largest absolute Gasteiger partial charge is 0.490 e. The molecular formula is C11H12F2N2O. The summed E-state index contributed by atoms with van der Waals surface area (Å²) in [5, 5.41) is 3.08. The lowest BCUT2D eigenvalue weighted by atomic mass is 10.3. The zero-order valence-electron chi connectivity index (χ0n) is 8.67. The molecule has 0 saturated carbocycles. The van der Waals surface area contributed by atoms with Gasteiger partial charge >= 0.3 is 0 Å². The maximum atomic E-state index is 13.1. The number of hydrogen-bond acceptors (Lipinski definition) is 3. The highest BCUT2D eigenvalue weighted by atomic mass is 19.1. The first-order valence-electron chi connectivity index (χ1n) is 5.11. The summed E-state index contributed by atoms with van der Waals surface area (Å²) >= 11 is 0. The summed E-state index contributed by atoms with van der Waals surface area (Å²) in [7, 11) is 0. The lowest BCUT2D eigenvalue weighted by Gasteiger charge is -2.07. The number of benzene rings is 1. The average molecular weight is 226 g/mol. The van der Waals surface area contributed by atoms with E-state index in [0.29, 0.717) is 13.0 Å². The van der Waals surface area contributed by atoms with Crippen molar-refractivity contribution in [2.45, 2.75) is 6.42 Å². The maximum Gasteiger partial charge on any atom is 0.167 e. The predicted octanol–water partition coefficient (Wildman–Crippen LogP) is 1.74. The van der Waals surface area contributed by atoms with Gasteiger partial charge in [0.15, 0.2) is 11.6 Å². The lowest BCUT2D eigenvalue weighted by molar-refractivity contribution is 0.310. The fourth-order valence-electron chi connectivity index (χ4n) is 1.46. The number of nitrogens with zero attached hydrogens (tertiary/aromatic N) is 1. The van der Waals surface area contributed by atoms with Gasteiger partial charge in [0, 0.05) is 19.0 Å². The molecule has 0 fully saturated rings. The molecule has 0 bridgehead atoms. The molecule has 16 heavy (non-hydrogen) atoms. The molecule has 86 valence electrons. The smallest absolute Gasteiger partial charge is 0.167 e. The third-order valence-electron chi connectivity index (χ3n) is 2.23. The molecule has 1 aliphatic heterocycles. The zero-order valence-corrected chi connectivity index (χ0v) is 8.67. The van der Waals surface area contributed by atoms with Crippen LogP contribution in [0.2, 0.25) is 0 Å². The SMILES string of the molecule is Fc1ccc(OCCC2=NCCN2)c(F)c1. The highest BCUT2D eigenvalue weighted by Crippen LogP contribution is 2.17. The van der Waals surface area contributed by atoms with Crippen LogP contribution >= 0.6 is 0 Å². The summed E-state index contributed by atoms with van der Waals surface area (Å²) in [6.07, 6.45) is 0.608. The molecule has 0 aliphatic carbocycles. The van der Waals surface area contributed by atoms with Crippen LogP contribution in [0.15, 0.2) is 23.2 Å². The van der Waals surface area contributed by atoms with E-state index in [1.165, 1.54) is 12.1 Å². The van der Waals surface area contributed by atoms with E-state index in [4.69, 9.17) is 4.74 Å². The number of hydrogen-bond donors (Lipinski definition) is 1. The van der Waals surface area contributed by atoms with Crippen molar-refractivity contribution in [3.8, 4) is 5.75 Å². The van der Waals surface area contributed by atoms with Crippen LogP contribution in [0.5, 0.6) is 5.75 Å². The minimum absolute atomic E-state index is 0.0694. The van der Waals surface area contributed by atoms with Gasteiger partial charge in [-0.15, -0.1) is 0 Å². The second-order valence-corrected chi connectivity index (χ2v) is 3.43. The Hall–Kier alpha value is -1.65. The van der Waals surface area contributed by atoms with E-state index < -0.39 is 11.6 Å². The standard InChI is InChI=1S/C11H12F2N2O/c12-8-1-2-10(9(13)7-8)16-6-3-11-14-4-5-15-11/h1-2,7H,3-6H2,(H,14,15). The Morgan fingerprint density at radius 3 is 2.94 bits per heavy atom. The minimum Gasteiger partial charge on any atom is -0.490 e. The molecule has 0 spiro atoms. The van der Waals surface area contributed by atoms with Crippen molar-refractivity contribution in [2.24, 2.45) is 4.99 Å². The molecule has 1 N–H and O–H groups in total. The normalized spacial score (nSPS) is 14.5. The Labute approximate surface area is 92.1 Å². The zero-order chi connectivity index (χ0) is 11.4. The number of halogens is 2. The molecule has 1 aromatic rings. The van der Waals surface area contributed by atoms with Gasteiger partial charge in [0.1, 0.15) is 5.82 Å². The van der Waals surface area contributed by atoms with Crippen LogP contribution < -0.4 is 10.1 Å². The van der Waals surface area contributed by atoms with E-state index in [9.17, 15) is 8.78 Å². The van der Waals surface area contributed by atoms with Crippen molar-refractivity contribution in [2.75, 3.05) is 19.7 Å². The number of ether oxygens (including phenoxy) is 1. The van der Waals surface area contributed by atoms with Crippen LogP contribution in [0.25, 0.3) is 0 Å². The van der Waals surface area contributed by atoms with Crippen molar-refractivity contribution in [1.29, 1.82) is 0 Å². The molecule has 0 amide bonds. The van der Waals surface area contributed by atoms with Crippen molar-refractivity contribution >= 4 is 5.84 Å². The van der Waals surface area contributed by atoms with Crippen LogP contribution in [-0.4, -0.2) is 25.5 Å². The summed E-state index contributed by atoms with van der Waals surface area (Å²) in [4.78, 5) is 4.18. The van der Waals surface area contributed by atoms with Gasteiger partial charge in [0.25, 0.3) is 0 Å². The quantitative estimate of drug-likeness (QED) is 0.848. The highest BCUT2D eigenvalue weighted by molar-refractivity contribution is 5.83. The summed E-state index contributed by atoms with van der Waals surface area (Å²) in [5.41, 5.74) is 0. The third-order valence-corrected chi connectivity index (χ3v) is 2.23. The molecule has 0 atom stereocenters. The summed E-state index contributed by atoms with van der Waals surface area (Å²) in [6.45, 7) is 1.95. The molecule has 0 aromatic heterocycles. The lowest BCUT2D eigenvalue weighted by Crippen LogP contribution is -2.20. The Morgan fingerprint density at radius 2 is 2.25 bits per heavy atom. The molecule has 3 nitrogen and oxygen atoms in total. The Balaban J connectivity index is 1.84. The van der Waals surface area contributed by atoms with Crippen molar-refractivity contribution in [3.63, 3.8) is 0 Å². The fourth-order valence-corrected chi connectivity index (χ4v) is 1.46. The van der Waals surface area contributed by atoms with E-state index >= 15 is 0 Å². The van der Waals surface area contributed by atoms with Gasteiger partial charge in [-0.05, 0) is 12.1 Å². The number of rotatable bonds is 4. The monoisotopic (exact) mass is 226 g/mol. The molecule has 1 aromatic carbocycles. The molecule has 5 heteroatoms. The first kappa shape index (κ1) is 10.9. The van der Waals surface area contributed by atoms with Crippen LogP contribution in [-0.2, 0) is 0 Å². The van der Waals surface area contributed by atoms with Crippen molar-refractivity contribution in [1.82, 2.24) is 5.32 Å². The second kappa shape index (κ2) is 4.92. The van der Waals surface area contributed by atoms with Crippen LogP contribution in [0.3, 0.4) is 0 Å². The summed E-state index contributed by atoms with van der Waals surface area (Å²) in [5.74, 6) is -0.337. The van der Waals surface area contributed by atoms with E-state index in [2.05, 4.69) is 10.3 Å². The van der Waals surface area contributed by atoms with Gasteiger partial charge in [0.05, 0.1) is 19.0 Å². The molecule has 2 rings (SSSR count). The molecule has 0 unspecified atom stereocenters. The molecule has 0 saturated heterocycles. The summed E-state index contributed by atoms with van der Waals surface area (Å²) in [6, 6.07) is 3.26. The molecular weight excluding hydrogens is 214 g/mol. The van der Waals surface area contributed by atoms with Crippen molar-refractivity contribution in [3.05, 3.63) is 29.8 Å². The van der Waals surface area contributed by atoms with Crippen LogP contribution in [0.4, 0.5) is 8.78 Å². The Kier molecular flexibility index (Phi) is 3.34. The van der Waals surface area contributed by atoms with Gasteiger partial charge in [-0.25, -0.2) is 8.78 Å². The van der Waals surface area contributed by atoms with Gasteiger partial charge in [-0.2, -0.15) is 0 Å². The molecule has 1 heterocycles. The fraction of sp³-hybridized carbons (Fsp3) is 0.364. The predicted molar refractivity (Wildman–Crippen MR) is 56.8 cm³/mol. The average Bonchev–Trinajstić information content (AvgIpc) is 2.74.